The van der Waals surface area contributed by atoms with Gasteiger partial charge >= 0.3 is 6.03 Å². The molecular formula is C20H32N2O. The molecule has 6 saturated carbocycles. The number of nitrogens with one attached hydrogen (secondary N) is 2. The summed E-state index contributed by atoms with van der Waals surface area (Å²) in [6.07, 6.45) is 14.3. The minimum atomic E-state index is 0.0822. The van der Waals surface area contributed by atoms with Gasteiger partial charge in [-0.25, -0.2) is 4.79 Å². The van der Waals surface area contributed by atoms with Crippen LogP contribution in [0.5, 0.6) is 0 Å². The second kappa shape index (κ2) is 5.39. The smallest absolute Gasteiger partial charge is 0.314 e. The lowest BCUT2D eigenvalue weighted by Gasteiger charge is -2.57. The van der Waals surface area contributed by atoms with E-state index in [9.17, 15) is 4.79 Å². The second-order valence-corrected chi connectivity index (χ2v) is 9.80. The number of carbonyl (C=O) groups is 1. The Kier molecular flexibility index (Phi) is 3.42. The van der Waals surface area contributed by atoms with Crippen LogP contribution in [0.15, 0.2) is 0 Å². The molecule has 0 aliphatic heterocycles. The number of carbonyl (C=O) groups excluding carboxylic acids is 1. The van der Waals surface area contributed by atoms with Crippen LogP contribution in [0.2, 0.25) is 0 Å². The number of hydrogen-bond acceptors (Lipinski definition) is 1. The third-order valence-electron chi connectivity index (χ3n) is 8.12. The van der Waals surface area contributed by atoms with Crippen LogP contribution in [0.3, 0.4) is 0 Å². The van der Waals surface area contributed by atoms with E-state index >= 15 is 0 Å². The number of fused-ring (bicyclic) bond motifs is 1. The highest BCUT2D eigenvalue weighted by molar-refractivity contribution is 5.73. The summed E-state index contributed by atoms with van der Waals surface area (Å²) in [6, 6.07) is 0.0822. The molecule has 0 heterocycles. The van der Waals surface area contributed by atoms with Gasteiger partial charge in [-0.2, -0.15) is 0 Å². The van der Waals surface area contributed by atoms with Gasteiger partial charge in [-0.3, -0.25) is 0 Å². The predicted molar refractivity (Wildman–Crippen MR) is 90.9 cm³/mol. The molecule has 6 rings (SSSR count). The van der Waals surface area contributed by atoms with Gasteiger partial charge < -0.3 is 10.6 Å². The summed E-state index contributed by atoms with van der Waals surface area (Å²) in [5, 5.41) is 6.30. The van der Waals surface area contributed by atoms with E-state index in [2.05, 4.69) is 10.6 Å². The fourth-order valence-corrected chi connectivity index (χ4v) is 7.40. The van der Waals surface area contributed by atoms with Crippen molar-refractivity contribution in [2.45, 2.75) is 64.2 Å². The quantitative estimate of drug-likeness (QED) is 0.792. The average molecular weight is 316 g/mol. The van der Waals surface area contributed by atoms with E-state index < -0.39 is 0 Å². The van der Waals surface area contributed by atoms with Crippen LogP contribution >= 0.6 is 0 Å². The molecule has 3 atom stereocenters. The van der Waals surface area contributed by atoms with Gasteiger partial charge in [-0.15, -0.1) is 0 Å². The molecule has 6 aliphatic rings. The van der Waals surface area contributed by atoms with E-state index in [4.69, 9.17) is 0 Å². The molecule has 6 fully saturated rings. The largest absolute Gasteiger partial charge is 0.338 e. The first-order valence-corrected chi connectivity index (χ1v) is 10.2. The Morgan fingerprint density at radius 1 is 0.913 bits per heavy atom. The minimum absolute atomic E-state index is 0.0822. The molecule has 6 aliphatic carbocycles. The molecule has 3 unspecified atom stereocenters. The standard InChI is InChI=1S/C20H32N2O/c23-19(22-12-17-2-1-16-8-18(16)17)21-4-3-20-9-13-5-14(10-20)7-15(6-13)11-20/h13-18H,1-12H2,(H2,21,22,23). The second-order valence-electron chi connectivity index (χ2n) is 9.80. The highest BCUT2D eigenvalue weighted by atomic mass is 16.2. The highest BCUT2D eigenvalue weighted by Gasteiger charge is 2.50. The Bertz CT molecular complexity index is 453. The summed E-state index contributed by atoms with van der Waals surface area (Å²) in [5.41, 5.74) is 0.592. The van der Waals surface area contributed by atoms with Gasteiger partial charge in [0.15, 0.2) is 0 Å². The Labute approximate surface area is 140 Å². The van der Waals surface area contributed by atoms with Gasteiger partial charge in [0.05, 0.1) is 0 Å². The average Bonchev–Trinajstić information content (AvgIpc) is 3.16. The third kappa shape index (κ3) is 2.78. The molecule has 23 heavy (non-hydrogen) atoms. The van der Waals surface area contributed by atoms with E-state index in [-0.39, 0.29) is 6.03 Å². The molecule has 2 N–H and O–H groups in total. The van der Waals surface area contributed by atoms with Gasteiger partial charge in [-0.05, 0) is 105 Å². The summed E-state index contributed by atoms with van der Waals surface area (Å²) in [6.45, 7) is 1.79. The van der Waals surface area contributed by atoms with Gasteiger partial charge in [0, 0.05) is 13.1 Å². The Balaban J connectivity index is 1.06. The monoisotopic (exact) mass is 316 g/mol. The number of rotatable bonds is 5. The zero-order valence-corrected chi connectivity index (χ0v) is 14.4. The maximum absolute atomic E-state index is 12.1. The van der Waals surface area contributed by atoms with Crippen molar-refractivity contribution in [1.29, 1.82) is 0 Å². The zero-order valence-electron chi connectivity index (χ0n) is 14.4. The van der Waals surface area contributed by atoms with Gasteiger partial charge in [-0.1, -0.05) is 0 Å². The van der Waals surface area contributed by atoms with Crippen LogP contribution in [0.4, 0.5) is 4.79 Å². The van der Waals surface area contributed by atoms with Crippen molar-refractivity contribution in [3.8, 4) is 0 Å². The minimum Gasteiger partial charge on any atom is -0.338 e. The van der Waals surface area contributed by atoms with Gasteiger partial charge in [0.25, 0.3) is 0 Å². The van der Waals surface area contributed by atoms with E-state index in [0.717, 1.165) is 48.6 Å². The van der Waals surface area contributed by atoms with Gasteiger partial charge in [0.2, 0.25) is 0 Å². The van der Waals surface area contributed by atoms with Crippen LogP contribution in [-0.2, 0) is 0 Å². The fourth-order valence-electron chi connectivity index (χ4n) is 7.40. The van der Waals surface area contributed by atoms with Gasteiger partial charge in [0.1, 0.15) is 0 Å². The lowest BCUT2D eigenvalue weighted by Crippen LogP contribution is -2.48. The van der Waals surface area contributed by atoms with E-state index in [0.29, 0.717) is 5.41 Å². The van der Waals surface area contributed by atoms with Crippen molar-refractivity contribution in [3.05, 3.63) is 0 Å². The lowest BCUT2D eigenvalue weighted by atomic mass is 9.49. The molecule has 0 spiro atoms. The molecule has 4 bridgehead atoms. The molecule has 2 amide bonds. The van der Waals surface area contributed by atoms with Crippen LogP contribution < -0.4 is 10.6 Å². The summed E-state index contributed by atoms with van der Waals surface area (Å²) < 4.78 is 0. The molecule has 0 saturated heterocycles. The normalized spacial score (nSPS) is 49.0. The van der Waals surface area contributed by atoms with Crippen LogP contribution in [-0.4, -0.2) is 19.1 Å². The number of amides is 2. The van der Waals surface area contributed by atoms with Crippen molar-refractivity contribution in [2.75, 3.05) is 13.1 Å². The molecular weight excluding hydrogens is 284 g/mol. The first-order chi connectivity index (χ1) is 11.2. The Morgan fingerprint density at radius 3 is 2.17 bits per heavy atom. The first-order valence-electron chi connectivity index (χ1n) is 10.2. The topological polar surface area (TPSA) is 41.1 Å². The SMILES string of the molecule is O=C(NCCC12CC3CC(CC(C3)C1)C2)NCC1CCC2CC12. The maximum Gasteiger partial charge on any atom is 0.314 e. The van der Waals surface area contributed by atoms with E-state index in [1.165, 1.54) is 64.2 Å². The van der Waals surface area contributed by atoms with E-state index in [1.807, 2.05) is 0 Å². The van der Waals surface area contributed by atoms with Crippen molar-refractivity contribution >= 4 is 6.03 Å². The molecule has 128 valence electrons. The fraction of sp³-hybridized carbons (Fsp3) is 0.950. The van der Waals surface area contributed by atoms with Crippen LogP contribution in [0.25, 0.3) is 0 Å². The molecule has 0 aromatic heterocycles. The third-order valence-corrected chi connectivity index (χ3v) is 8.12. The molecule has 0 radical (unpaired) electrons. The maximum atomic E-state index is 12.1. The van der Waals surface area contributed by atoms with Crippen molar-refractivity contribution < 1.29 is 4.79 Å². The first kappa shape index (κ1) is 14.6. The summed E-state index contributed by atoms with van der Waals surface area (Å²) in [4.78, 5) is 12.1. The molecule has 0 aromatic rings. The van der Waals surface area contributed by atoms with Crippen molar-refractivity contribution in [1.82, 2.24) is 10.6 Å². The lowest BCUT2D eigenvalue weighted by molar-refractivity contribution is -0.0563. The molecule has 0 aromatic carbocycles. The Hall–Kier alpha value is -0.730. The molecule has 3 heteroatoms. The van der Waals surface area contributed by atoms with Crippen molar-refractivity contribution in [3.63, 3.8) is 0 Å². The van der Waals surface area contributed by atoms with Crippen molar-refractivity contribution in [2.24, 2.45) is 40.9 Å². The Morgan fingerprint density at radius 2 is 1.61 bits per heavy atom. The number of hydrogen-bond donors (Lipinski definition) is 2. The zero-order chi connectivity index (χ0) is 15.4. The summed E-state index contributed by atoms with van der Waals surface area (Å²) >= 11 is 0. The summed E-state index contributed by atoms with van der Waals surface area (Å²) in [7, 11) is 0. The molecule has 3 nitrogen and oxygen atoms in total. The highest BCUT2D eigenvalue weighted by Crippen LogP contribution is 2.61. The van der Waals surface area contributed by atoms with E-state index in [1.54, 1.807) is 0 Å². The number of urea groups is 1. The van der Waals surface area contributed by atoms with Crippen LogP contribution in [0, 0.1) is 40.9 Å². The predicted octanol–water partition coefficient (Wildman–Crippen LogP) is 3.94. The van der Waals surface area contributed by atoms with Crippen LogP contribution in [0.1, 0.15) is 64.2 Å². The summed E-state index contributed by atoms with van der Waals surface area (Å²) in [5.74, 6) is 5.79.